The number of aromatic amines is 1. The molecule has 28 heavy (non-hydrogen) atoms. The SMILES string of the molecule is COc1ccccc1N1CCN(C(=O)c2cc3ccccc3[nH]c2=O)[C@H](C)C1. The Balaban J connectivity index is 1.57. The van der Waals surface area contributed by atoms with Crippen molar-refractivity contribution in [2.24, 2.45) is 0 Å². The van der Waals surface area contributed by atoms with E-state index in [2.05, 4.69) is 9.88 Å². The number of para-hydroxylation sites is 3. The van der Waals surface area contributed by atoms with Crippen LogP contribution >= 0.6 is 0 Å². The summed E-state index contributed by atoms with van der Waals surface area (Å²) in [5.74, 6) is 0.597. The second-order valence-corrected chi connectivity index (χ2v) is 7.06. The van der Waals surface area contributed by atoms with Crippen LogP contribution in [0.4, 0.5) is 5.69 Å². The first kappa shape index (κ1) is 18.1. The van der Waals surface area contributed by atoms with Crippen molar-refractivity contribution in [1.29, 1.82) is 0 Å². The fourth-order valence-electron chi connectivity index (χ4n) is 3.83. The van der Waals surface area contributed by atoms with Crippen LogP contribution in [0.1, 0.15) is 17.3 Å². The van der Waals surface area contributed by atoms with Crippen molar-refractivity contribution in [3.63, 3.8) is 0 Å². The third-order valence-corrected chi connectivity index (χ3v) is 5.30. The molecule has 1 N–H and O–H groups in total. The number of H-pyrrole nitrogens is 1. The van der Waals surface area contributed by atoms with Crippen LogP contribution in [0.3, 0.4) is 0 Å². The summed E-state index contributed by atoms with van der Waals surface area (Å²) in [6, 6.07) is 17.0. The number of carbonyl (C=O) groups excluding carboxylic acids is 1. The molecule has 0 bridgehead atoms. The van der Waals surface area contributed by atoms with Gasteiger partial charge in [0.1, 0.15) is 11.3 Å². The zero-order valence-electron chi connectivity index (χ0n) is 16.0. The van der Waals surface area contributed by atoms with E-state index in [1.54, 1.807) is 18.1 Å². The normalized spacial score (nSPS) is 17.0. The molecule has 3 aromatic rings. The molecule has 1 saturated heterocycles. The van der Waals surface area contributed by atoms with E-state index in [0.29, 0.717) is 19.6 Å². The molecule has 6 heteroatoms. The van der Waals surface area contributed by atoms with Crippen LogP contribution in [0.2, 0.25) is 0 Å². The molecule has 1 aliphatic rings. The number of hydrogen-bond acceptors (Lipinski definition) is 4. The zero-order valence-corrected chi connectivity index (χ0v) is 16.0. The summed E-state index contributed by atoms with van der Waals surface area (Å²) in [6.45, 7) is 3.92. The number of nitrogens with zero attached hydrogens (tertiary/aromatic N) is 2. The monoisotopic (exact) mass is 377 g/mol. The second-order valence-electron chi connectivity index (χ2n) is 7.06. The highest BCUT2D eigenvalue weighted by Crippen LogP contribution is 2.29. The molecule has 2 aromatic carbocycles. The van der Waals surface area contributed by atoms with Crippen LogP contribution < -0.4 is 15.2 Å². The Labute approximate surface area is 163 Å². The van der Waals surface area contributed by atoms with E-state index >= 15 is 0 Å². The highest BCUT2D eigenvalue weighted by atomic mass is 16.5. The molecule has 2 heterocycles. The number of piperazine rings is 1. The summed E-state index contributed by atoms with van der Waals surface area (Å²) in [7, 11) is 1.66. The van der Waals surface area contributed by atoms with E-state index in [-0.39, 0.29) is 23.1 Å². The number of methoxy groups -OCH3 is 1. The summed E-state index contributed by atoms with van der Waals surface area (Å²) in [5, 5.41) is 0.853. The van der Waals surface area contributed by atoms with Crippen molar-refractivity contribution in [2.75, 3.05) is 31.6 Å². The average Bonchev–Trinajstić information content (AvgIpc) is 2.72. The predicted octanol–water partition coefficient (Wildman–Crippen LogP) is 2.89. The van der Waals surface area contributed by atoms with Gasteiger partial charge in [0.15, 0.2) is 0 Å². The van der Waals surface area contributed by atoms with Gasteiger partial charge in [0.05, 0.1) is 12.8 Å². The summed E-state index contributed by atoms with van der Waals surface area (Å²) >= 11 is 0. The molecular formula is C22H23N3O3. The maximum atomic E-state index is 13.1. The Hall–Kier alpha value is -3.28. The number of amides is 1. The van der Waals surface area contributed by atoms with E-state index in [1.165, 1.54) is 0 Å². The Morgan fingerprint density at radius 1 is 1.11 bits per heavy atom. The van der Waals surface area contributed by atoms with Gasteiger partial charge in [-0.15, -0.1) is 0 Å². The molecular weight excluding hydrogens is 354 g/mol. The minimum absolute atomic E-state index is 0.0305. The van der Waals surface area contributed by atoms with Gasteiger partial charge >= 0.3 is 0 Å². The molecule has 0 spiro atoms. The zero-order chi connectivity index (χ0) is 19.7. The summed E-state index contributed by atoms with van der Waals surface area (Å²) in [4.78, 5) is 32.4. The number of nitrogens with one attached hydrogen (secondary N) is 1. The molecule has 0 saturated carbocycles. The van der Waals surface area contributed by atoms with E-state index in [4.69, 9.17) is 4.74 Å². The number of benzene rings is 2. The number of pyridine rings is 1. The molecule has 0 aliphatic carbocycles. The van der Waals surface area contributed by atoms with Gasteiger partial charge in [-0.3, -0.25) is 9.59 Å². The molecule has 4 rings (SSSR count). The Morgan fingerprint density at radius 2 is 1.86 bits per heavy atom. The van der Waals surface area contributed by atoms with Gasteiger partial charge in [0.25, 0.3) is 11.5 Å². The molecule has 0 unspecified atom stereocenters. The van der Waals surface area contributed by atoms with Gasteiger partial charge < -0.3 is 19.5 Å². The van der Waals surface area contributed by atoms with E-state index in [9.17, 15) is 9.59 Å². The fourth-order valence-corrected chi connectivity index (χ4v) is 3.83. The molecule has 1 aliphatic heterocycles. The standard InChI is InChI=1S/C22H23N3O3/c1-15-14-24(19-9-5-6-10-20(19)28-2)11-12-25(15)22(27)17-13-16-7-3-4-8-18(16)23-21(17)26/h3-10,13,15H,11-12,14H2,1-2H3,(H,23,26)/t15-/m1/s1. The fraction of sp³-hybridized carbons (Fsp3) is 0.273. The minimum Gasteiger partial charge on any atom is -0.495 e. The number of hydrogen-bond donors (Lipinski definition) is 1. The van der Waals surface area contributed by atoms with Gasteiger partial charge in [-0.25, -0.2) is 0 Å². The minimum atomic E-state index is -0.344. The molecule has 1 aromatic heterocycles. The van der Waals surface area contributed by atoms with Crippen molar-refractivity contribution in [3.05, 3.63) is 70.5 Å². The quantitative estimate of drug-likeness (QED) is 0.762. The lowest BCUT2D eigenvalue weighted by Gasteiger charge is -2.41. The lowest BCUT2D eigenvalue weighted by Crippen LogP contribution is -2.54. The third-order valence-electron chi connectivity index (χ3n) is 5.30. The Kier molecular flexibility index (Phi) is 4.77. The van der Waals surface area contributed by atoms with Gasteiger partial charge in [-0.1, -0.05) is 30.3 Å². The Bertz CT molecular complexity index is 1080. The summed E-state index contributed by atoms with van der Waals surface area (Å²) < 4.78 is 5.47. The number of ether oxygens (including phenoxy) is 1. The van der Waals surface area contributed by atoms with Crippen molar-refractivity contribution in [1.82, 2.24) is 9.88 Å². The van der Waals surface area contributed by atoms with Crippen LogP contribution in [0.25, 0.3) is 10.9 Å². The Morgan fingerprint density at radius 3 is 2.64 bits per heavy atom. The topological polar surface area (TPSA) is 65.6 Å². The van der Waals surface area contributed by atoms with Crippen molar-refractivity contribution >= 4 is 22.5 Å². The molecule has 1 fully saturated rings. The van der Waals surface area contributed by atoms with E-state index in [1.807, 2.05) is 55.5 Å². The largest absolute Gasteiger partial charge is 0.495 e. The summed E-state index contributed by atoms with van der Waals surface area (Å²) in [6.07, 6.45) is 0. The van der Waals surface area contributed by atoms with Crippen molar-refractivity contribution in [2.45, 2.75) is 13.0 Å². The van der Waals surface area contributed by atoms with Gasteiger partial charge in [0.2, 0.25) is 0 Å². The van der Waals surface area contributed by atoms with Crippen LogP contribution in [-0.4, -0.2) is 48.6 Å². The van der Waals surface area contributed by atoms with E-state index in [0.717, 1.165) is 22.3 Å². The summed E-state index contributed by atoms with van der Waals surface area (Å²) in [5.41, 5.74) is 1.60. The predicted molar refractivity (Wildman–Crippen MR) is 110 cm³/mol. The van der Waals surface area contributed by atoms with Gasteiger partial charge in [-0.05, 0) is 36.6 Å². The van der Waals surface area contributed by atoms with Gasteiger partial charge in [-0.2, -0.15) is 0 Å². The van der Waals surface area contributed by atoms with Crippen LogP contribution in [0.5, 0.6) is 5.75 Å². The highest BCUT2D eigenvalue weighted by Gasteiger charge is 2.30. The average molecular weight is 377 g/mol. The van der Waals surface area contributed by atoms with Crippen molar-refractivity contribution < 1.29 is 9.53 Å². The highest BCUT2D eigenvalue weighted by molar-refractivity contribution is 5.97. The second kappa shape index (κ2) is 7.38. The van der Waals surface area contributed by atoms with Crippen LogP contribution in [0.15, 0.2) is 59.4 Å². The molecule has 1 amide bonds. The number of aromatic nitrogens is 1. The van der Waals surface area contributed by atoms with Crippen LogP contribution in [-0.2, 0) is 0 Å². The van der Waals surface area contributed by atoms with E-state index < -0.39 is 0 Å². The maximum Gasteiger partial charge on any atom is 0.261 e. The molecule has 1 atom stereocenters. The maximum absolute atomic E-state index is 13.1. The van der Waals surface area contributed by atoms with Gasteiger partial charge in [0, 0.05) is 31.2 Å². The first-order chi connectivity index (χ1) is 13.6. The number of carbonyl (C=O) groups is 1. The molecule has 0 radical (unpaired) electrons. The number of rotatable bonds is 3. The lowest BCUT2D eigenvalue weighted by atomic mass is 10.1. The van der Waals surface area contributed by atoms with Crippen molar-refractivity contribution in [3.8, 4) is 5.75 Å². The lowest BCUT2D eigenvalue weighted by molar-refractivity contribution is 0.0672. The molecule has 6 nitrogen and oxygen atoms in total. The number of fused-ring (bicyclic) bond motifs is 1. The van der Waals surface area contributed by atoms with Crippen LogP contribution in [0, 0.1) is 0 Å². The smallest absolute Gasteiger partial charge is 0.261 e. The third kappa shape index (κ3) is 3.22. The molecule has 144 valence electrons. The first-order valence-electron chi connectivity index (χ1n) is 9.39. The number of anilines is 1. The first-order valence-corrected chi connectivity index (χ1v) is 9.39.